The zero-order valence-corrected chi connectivity index (χ0v) is 15.8. The highest BCUT2D eigenvalue weighted by molar-refractivity contribution is 5.79. The van der Waals surface area contributed by atoms with Crippen LogP contribution in [0.5, 0.6) is 11.5 Å². The molecule has 1 unspecified atom stereocenters. The van der Waals surface area contributed by atoms with Gasteiger partial charge in [0.2, 0.25) is 0 Å². The summed E-state index contributed by atoms with van der Waals surface area (Å²) < 4.78 is 10.9. The van der Waals surface area contributed by atoms with Gasteiger partial charge in [0.25, 0.3) is 0 Å². The smallest absolute Gasteiger partial charge is 0.191 e. The average Bonchev–Trinajstić information content (AvgIpc) is 3.11. The van der Waals surface area contributed by atoms with Crippen LogP contribution >= 0.6 is 0 Å². The Bertz CT molecular complexity index is 536. The van der Waals surface area contributed by atoms with E-state index in [1.807, 2.05) is 31.3 Å². The molecular weight excluding hydrogens is 316 g/mol. The van der Waals surface area contributed by atoms with Crippen LogP contribution in [-0.2, 0) is 0 Å². The predicted molar refractivity (Wildman–Crippen MR) is 103 cm³/mol. The molecule has 0 aromatic heterocycles. The van der Waals surface area contributed by atoms with Crippen molar-refractivity contribution in [2.24, 2.45) is 4.99 Å². The molecular formula is C19H32N4O2. The second-order valence-corrected chi connectivity index (χ2v) is 6.19. The molecule has 0 spiro atoms. The van der Waals surface area contributed by atoms with Gasteiger partial charge in [-0.3, -0.25) is 9.89 Å². The summed E-state index contributed by atoms with van der Waals surface area (Å²) in [6.07, 6.45) is 3.47. The molecule has 0 amide bonds. The van der Waals surface area contributed by atoms with E-state index < -0.39 is 0 Å². The van der Waals surface area contributed by atoms with Crippen molar-refractivity contribution in [1.82, 2.24) is 15.5 Å². The topological polar surface area (TPSA) is 58.1 Å². The lowest BCUT2D eigenvalue weighted by molar-refractivity contribution is 0.267. The van der Waals surface area contributed by atoms with E-state index in [0.717, 1.165) is 43.5 Å². The van der Waals surface area contributed by atoms with Crippen LogP contribution in [0.2, 0.25) is 0 Å². The molecule has 2 N–H and O–H groups in total. The molecule has 2 rings (SSSR count). The monoisotopic (exact) mass is 348 g/mol. The van der Waals surface area contributed by atoms with Crippen molar-refractivity contribution in [3.8, 4) is 11.5 Å². The first-order valence-electron chi connectivity index (χ1n) is 9.22. The zero-order valence-electron chi connectivity index (χ0n) is 15.8. The maximum Gasteiger partial charge on any atom is 0.191 e. The number of nitrogens with one attached hydrogen (secondary N) is 2. The summed E-state index contributed by atoms with van der Waals surface area (Å²) in [5.41, 5.74) is 0. The first kappa shape index (κ1) is 19.4. The summed E-state index contributed by atoms with van der Waals surface area (Å²) in [4.78, 5) is 6.83. The Balaban J connectivity index is 1.61. The van der Waals surface area contributed by atoms with E-state index in [1.165, 1.54) is 19.4 Å². The second-order valence-electron chi connectivity index (χ2n) is 6.19. The highest BCUT2D eigenvalue weighted by atomic mass is 16.5. The number of ether oxygens (including phenoxy) is 2. The van der Waals surface area contributed by atoms with Crippen molar-refractivity contribution in [3.63, 3.8) is 0 Å². The summed E-state index contributed by atoms with van der Waals surface area (Å²) in [7, 11) is 3.47. The van der Waals surface area contributed by atoms with Gasteiger partial charge >= 0.3 is 0 Å². The second kappa shape index (κ2) is 10.8. The number of methoxy groups -OCH3 is 1. The average molecular weight is 348 g/mol. The molecule has 1 fully saturated rings. The summed E-state index contributed by atoms with van der Waals surface area (Å²) in [5, 5.41) is 6.79. The van der Waals surface area contributed by atoms with Crippen LogP contribution in [0.25, 0.3) is 0 Å². The molecule has 1 aromatic carbocycles. The third-order valence-corrected chi connectivity index (χ3v) is 4.56. The Morgan fingerprint density at radius 2 is 2.16 bits per heavy atom. The Labute approximate surface area is 151 Å². The summed E-state index contributed by atoms with van der Waals surface area (Å²) in [6.45, 7) is 7.01. The van der Waals surface area contributed by atoms with Gasteiger partial charge < -0.3 is 20.1 Å². The number of aliphatic imine (C=N–C) groups is 1. The van der Waals surface area contributed by atoms with Crippen LogP contribution < -0.4 is 20.1 Å². The van der Waals surface area contributed by atoms with Crippen LogP contribution in [0.15, 0.2) is 29.3 Å². The maximum atomic E-state index is 5.75. The molecule has 140 valence electrons. The minimum Gasteiger partial charge on any atom is -0.497 e. The van der Waals surface area contributed by atoms with E-state index in [0.29, 0.717) is 12.6 Å². The molecule has 1 atom stereocenters. The normalized spacial score (nSPS) is 18.2. The first-order valence-corrected chi connectivity index (χ1v) is 9.22. The molecule has 0 aliphatic carbocycles. The number of nitrogens with zero attached hydrogens (tertiary/aromatic N) is 2. The van der Waals surface area contributed by atoms with E-state index >= 15 is 0 Å². The van der Waals surface area contributed by atoms with Gasteiger partial charge in [0.1, 0.15) is 11.5 Å². The third-order valence-electron chi connectivity index (χ3n) is 4.56. The minimum absolute atomic E-state index is 0.625. The number of benzene rings is 1. The summed E-state index contributed by atoms with van der Waals surface area (Å²) >= 11 is 0. The predicted octanol–water partition coefficient (Wildman–Crippen LogP) is 2.11. The van der Waals surface area contributed by atoms with Crippen molar-refractivity contribution in [2.75, 3.05) is 46.9 Å². The lowest BCUT2D eigenvalue weighted by atomic mass is 10.2. The van der Waals surface area contributed by atoms with E-state index in [1.54, 1.807) is 7.11 Å². The van der Waals surface area contributed by atoms with Gasteiger partial charge in [-0.1, -0.05) is 13.0 Å². The van der Waals surface area contributed by atoms with E-state index in [9.17, 15) is 0 Å². The zero-order chi connectivity index (χ0) is 17.9. The molecule has 6 heteroatoms. The fourth-order valence-electron chi connectivity index (χ4n) is 3.14. The van der Waals surface area contributed by atoms with Gasteiger partial charge in [0, 0.05) is 32.2 Å². The quantitative estimate of drug-likeness (QED) is 0.407. The maximum absolute atomic E-state index is 5.75. The number of guanidine groups is 1. The van der Waals surface area contributed by atoms with Gasteiger partial charge in [-0.25, -0.2) is 0 Å². The van der Waals surface area contributed by atoms with Crippen LogP contribution in [0, 0.1) is 0 Å². The highest BCUT2D eigenvalue weighted by Gasteiger charge is 2.22. The fourth-order valence-corrected chi connectivity index (χ4v) is 3.14. The Morgan fingerprint density at radius 3 is 2.92 bits per heavy atom. The standard InChI is InChI=1S/C19H32N4O2/c1-4-23-12-6-8-16(23)15-22-19(20-2)21-11-7-13-25-18-10-5-9-17(14-18)24-3/h5,9-10,14,16H,4,6-8,11-13,15H2,1-3H3,(H2,20,21,22). The lowest BCUT2D eigenvalue weighted by Crippen LogP contribution is -2.45. The molecule has 1 aliphatic rings. The van der Waals surface area contributed by atoms with Gasteiger partial charge in [-0.05, 0) is 44.5 Å². The van der Waals surface area contributed by atoms with E-state index in [2.05, 4.69) is 27.4 Å². The molecule has 1 aliphatic heterocycles. The van der Waals surface area contributed by atoms with Crippen LogP contribution in [0.1, 0.15) is 26.2 Å². The molecule has 1 heterocycles. The van der Waals surface area contributed by atoms with Gasteiger partial charge in [0.05, 0.1) is 13.7 Å². The van der Waals surface area contributed by atoms with Crippen molar-refractivity contribution in [1.29, 1.82) is 0 Å². The minimum atomic E-state index is 0.625. The first-order chi connectivity index (χ1) is 12.3. The molecule has 1 saturated heterocycles. The number of likely N-dealkylation sites (N-methyl/N-ethyl adjacent to an activating group) is 1. The van der Waals surface area contributed by atoms with Gasteiger partial charge in [-0.15, -0.1) is 0 Å². The molecule has 0 saturated carbocycles. The number of likely N-dealkylation sites (tertiary alicyclic amines) is 1. The molecule has 25 heavy (non-hydrogen) atoms. The van der Waals surface area contributed by atoms with Crippen LogP contribution in [0.3, 0.4) is 0 Å². The summed E-state index contributed by atoms with van der Waals surface area (Å²) in [5.74, 6) is 2.51. The van der Waals surface area contributed by atoms with Crippen molar-refractivity contribution in [2.45, 2.75) is 32.2 Å². The Kier molecular flexibility index (Phi) is 8.39. The van der Waals surface area contributed by atoms with Crippen molar-refractivity contribution < 1.29 is 9.47 Å². The Hall–Kier alpha value is -1.95. The van der Waals surface area contributed by atoms with Crippen molar-refractivity contribution in [3.05, 3.63) is 24.3 Å². The number of hydrogen-bond acceptors (Lipinski definition) is 4. The van der Waals surface area contributed by atoms with Crippen molar-refractivity contribution >= 4 is 5.96 Å². The molecule has 6 nitrogen and oxygen atoms in total. The van der Waals surface area contributed by atoms with Gasteiger partial charge in [-0.2, -0.15) is 0 Å². The number of rotatable bonds is 9. The largest absolute Gasteiger partial charge is 0.497 e. The summed E-state index contributed by atoms with van der Waals surface area (Å²) in [6, 6.07) is 8.31. The third kappa shape index (κ3) is 6.46. The van der Waals surface area contributed by atoms with E-state index in [4.69, 9.17) is 9.47 Å². The fraction of sp³-hybridized carbons (Fsp3) is 0.632. The number of hydrogen-bond donors (Lipinski definition) is 2. The van der Waals surface area contributed by atoms with Crippen LogP contribution in [-0.4, -0.2) is 63.8 Å². The highest BCUT2D eigenvalue weighted by Crippen LogP contribution is 2.18. The van der Waals surface area contributed by atoms with Crippen LogP contribution in [0.4, 0.5) is 0 Å². The SMILES string of the molecule is CCN1CCCC1CNC(=NC)NCCCOc1cccc(OC)c1. The Morgan fingerprint density at radius 1 is 1.32 bits per heavy atom. The molecule has 0 radical (unpaired) electrons. The molecule has 1 aromatic rings. The van der Waals surface area contributed by atoms with Gasteiger partial charge in [0.15, 0.2) is 5.96 Å². The molecule has 0 bridgehead atoms. The van der Waals surface area contributed by atoms with E-state index in [-0.39, 0.29) is 0 Å². The lowest BCUT2D eigenvalue weighted by Gasteiger charge is -2.24.